The second-order valence-electron chi connectivity index (χ2n) is 6.96. The molecule has 6 unspecified atom stereocenters. The van der Waals surface area contributed by atoms with E-state index in [4.69, 9.17) is 19.3 Å². The third kappa shape index (κ3) is 5.06. The monoisotopic (exact) mass is 398 g/mol. The highest BCUT2D eigenvalue weighted by Gasteiger charge is 2.48. The number of ketones is 1. The van der Waals surface area contributed by atoms with Crippen LogP contribution in [0.4, 0.5) is 0 Å². The zero-order valence-electron chi connectivity index (χ0n) is 15.9. The van der Waals surface area contributed by atoms with E-state index in [-0.39, 0.29) is 18.1 Å². The normalized spacial score (nSPS) is 28.8. The van der Waals surface area contributed by atoms with Gasteiger partial charge in [0, 0.05) is 12.3 Å². The molecule has 1 fully saturated rings. The standard InChI is InChI=1S/C19H26O9/c1-9(2)12(20)8-13(10-4-6-11(26-3)7-5-10)27-19-16(23)14(21)15(22)17(28-19)18(24)25/h4-7,9,13-17,19,21-23H,8H2,1-3H3,(H,24,25). The number of aliphatic hydroxyl groups is 3. The molecule has 1 heterocycles. The number of hydrogen-bond donors (Lipinski definition) is 4. The second kappa shape index (κ2) is 9.44. The maximum Gasteiger partial charge on any atom is 0.335 e. The van der Waals surface area contributed by atoms with E-state index < -0.39 is 42.8 Å². The molecule has 1 aromatic rings. The molecule has 1 saturated heterocycles. The van der Waals surface area contributed by atoms with Crippen LogP contribution in [0.25, 0.3) is 0 Å². The van der Waals surface area contributed by atoms with Crippen molar-refractivity contribution in [1.82, 2.24) is 0 Å². The van der Waals surface area contributed by atoms with E-state index in [0.29, 0.717) is 11.3 Å². The second-order valence-corrected chi connectivity index (χ2v) is 6.96. The predicted molar refractivity (Wildman–Crippen MR) is 95.6 cm³/mol. The summed E-state index contributed by atoms with van der Waals surface area (Å²) in [6, 6.07) is 6.68. The topological polar surface area (TPSA) is 143 Å². The van der Waals surface area contributed by atoms with E-state index in [0.717, 1.165) is 0 Å². The maximum atomic E-state index is 12.3. The molecule has 0 saturated carbocycles. The predicted octanol–water partition coefficient (Wildman–Crippen LogP) is 0.260. The highest BCUT2D eigenvalue weighted by molar-refractivity contribution is 5.81. The fraction of sp³-hybridized carbons (Fsp3) is 0.579. The van der Waals surface area contributed by atoms with Crippen molar-refractivity contribution in [2.45, 2.75) is 57.1 Å². The minimum atomic E-state index is -1.82. The Morgan fingerprint density at radius 3 is 2.18 bits per heavy atom. The fourth-order valence-electron chi connectivity index (χ4n) is 2.81. The Hall–Kier alpha value is -2.04. The first kappa shape index (κ1) is 22.3. The van der Waals surface area contributed by atoms with Crippen molar-refractivity contribution < 1.29 is 44.2 Å². The average molecular weight is 398 g/mol. The van der Waals surface area contributed by atoms with Gasteiger partial charge in [-0.15, -0.1) is 0 Å². The van der Waals surface area contributed by atoms with Crippen molar-refractivity contribution >= 4 is 11.8 Å². The Balaban J connectivity index is 2.26. The summed E-state index contributed by atoms with van der Waals surface area (Å²) in [7, 11) is 1.51. The minimum absolute atomic E-state index is 0.0486. The Morgan fingerprint density at radius 2 is 1.68 bits per heavy atom. The van der Waals surface area contributed by atoms with Gasteiger partial charge >= 0.3 is 5.97 Å². The first-order valence-corrected chi connectivity index (χ1v) is 8.90. The molecule has 1 aliphatic rings. The molecule has 2 rings (SSSR count). The van der Waals surface area contributed by atoms with Gasteiger partial charge < -0.3 is 34.6 Å². The van der Waals surface area contributed by atoms with Gasteiger partial charge in [0.15, 0.2) is 12.4 Å². The molecule has 0 radical (unpaired) electrons. The highest BCUT2D eigenvalue weighted by atomic mass is 16.7. The van der Waals surface area contributed by atoms with E-state index in [2.05, 4.69) is 0 Å². The molecule has 0 bridgehead atoms. The van der Waals surface area contributed by atoms with Gasteiger partial charge in [0.2, 0.25) is 0 Å². The average Bonchev–Trinajstić information content (AvgIpc) is 2.67. The molecule has 1 aromatic carbocycles. The zero-order valence-corrected chi connectivity index (χ0v) is 15.9. The van der Waals surface area contributed by atoms with Gasteiger partial charge in [-0.1, -0.05) is 26.0 Å². The summed E-state index contributed by atoms with van der Waals surface area (Å²) >= 11 is 0. The smallest absolute Gasteiger partial charge is 0.335 e. The molecule has 9 nitrogen and oxygen atoms in total. The zero-order chi connectivity index (χ0) is 21.0. The number of rotatable bonds is 8. The molecular weight excluding hydrogens is 372 g/mol. The molecule has 0 aromatic heterocycles. The van der Waals surface area contributed by atoms with Crippen LogP contribution in [-0.2, 0) is 19.1 Å². The number of carbonyl (C=O) groups excluding carboxylic acids is 1. The number of Topliss-reactive ketones (excluding diaryl/α,β-unsaturated/α-hetero) is 1. The molecule has 6 atom stereocenters. The number of benzene rings is 1. The van der Waals surface area contributed by atoms with E-state index in [1.54, 1.807) is 38.1 Å². The lowest BCUT2D eigenvalue weighted by Gasteiger charge is -2.39. The third-order valence-corrected chi connectivity index (χ3v) is 4.63. The van der Waals surface area contributed by atoms with E-state index >= 15 is 0 Å². The van der Waals surface area contributed by atoms with Crippen LogP contribution in [0.3, 0.4) is 0 Å². The number of methoxy groups -OCH3 is 1. The van der Waals surface area contributed by atoms with Gasteiger partial charge in [-0.05, 0) is 17.7 Å². The van der Waals surface area contributed by atoms with Crippen LogP contribution >= 0.6 is 0 Å². The quantitative estimate of drug-likeness (QED) is 0.485. The van der Waals surface area contributed by atoms with Crippen molar-refractivity contribution in [3.63, 3.8) is 0 Å². The Bertz CT molecular complexity index is 672. The maximum absolute atomic E-state index is 12.3. The minimum Gasteiger partial charge on any atom is -0.497 e. The molecule has 9 heteroatoms. The summed E-state index contributed by atoms with van der Waals surface area (Å²) < 4.78 is 16.0. The number of aliphatic carboxylic acids is 1. The van der Waals surface area contributed by atoms with Crippen molar-refractivity contribution in [2.24, 2.45) is 5.92 Å². The van der Waals surface area contributed by atoms with Crippen molar-refractivity contribution in [3.8, 4) is 5.75 Å². The Morgan fingerprint density at radius 1 is 1.07 bits per heavy atom. The van der Waals surface area contributed by atoms with E-state index in [1.807, 2.05) is 0 Å². The summed E-state index contributed by atoms with van der Waals surface area (Å²) in [6.07, 6.45) is -9.53. The Kier molecular flexibility index (Phi) is 7.50. The van der Waals surface area contributed by atoms with Gasteiger partial charge in [0.25, 0.3) is 0 Å². The molecule has 0 amide bonds. The van der Waals surface area contributed by atoms with Gasteiger partial charge in [0.05, 0.1) is 13.2 Å². The first-order chi connectivity index (χ1) is 13.1. The van der Waals surface area contributed by atoms with Gasteiger partial charge in [-0.25, -0.2) is 4.79 Å². The van der Waals surface area contributed by atoms with Gasteiger partial charge in [-0.2, -0.15) is 0 Å². The number of carboxylic acid groups (broad SMARTS) is 1. The number of carbonyl (C=O) groups is 2. The van der Waals surface area contributed by atoms with Crippen LogP contribution in [0.15, 0.2) is 24.3 Å². The van der Waals surface area contributed by atoms with Gasteiger partial charge in [-0.3, -0.25) is 4.79 Å². The van der Waals surface area contributed by atoms with E-state index in [1.165, 1.54) is 7.11 Å². The highest BCUT2D eigenvalue weighted by Crippen LogP contribution is 2.31. The lowest BCUT2D eigenvalue weighted by atomic mass is 9.97. The number of carboxylic acids is 1. The van der Waals surface area contributed by atoms with Crippen LogP contribution in [-0.4, -0.2) is 70.0 Å². The van der Waals surface area contributed by atoms with Crippen molar-refractivity contribution in [1.29, 1.82) is 0 Å². The largest absolute Gasteiger partial charge is 0.497 e. The van der Waals surface area contributed by atoms with Crippen LogP contribution < -0.4 is 4.74 Å². The number of ether oxygens (including phenoxy) is 3. The summed E-state index contributed by atoms with van der Waals surface area (Å²) in [5.41, 5.74) is 0.582. The Labute approximate surface area is 162 Å². The fourth-order valence-corrected chi connectivity index (χ4v) is 2.81. The SMILES string of the molecule is COc1ccc(C(CC(=O)C(C)C)OC2OC(C(=O)O)C(O)C(O)C2O)cc1. The lowest BCUT2D eigenvalue weighted by Crippen LogP contribution is -2.60. The first-order valence-electron chi connectivity index (χ1n) is 8.90. The molecule has 0 aliphatic carbocycles. The summed E-state index contributed by atoms with van der Waals surface area (Å²) in [5, 5.41) is 39.1. The summed E-state index contributed by atoms with van der Waals surface area (Å²) in [6.45, 7) is 3.47. The third-order valence-electron chi connectivity index (χ3n) is 4.63. The molecule has 156 valence electrons. The van der Waals surface area contributed by atoms with Crippen molar-refractivity contribution in [2.75, 3.05) is 7.11 Å². The van der Waals surface area contributed by atoms with Crippen LogP contribution in [0.5, 0.6) is 5.75 Å². The molecule has 4 N–H and O–H groups in total. The molecular formula is C19H26O9. The number of aliphatic hydroxyl groups excluding tert-OH is 3. The summed E-state index contributed by atoms with van der Waals surface area (Å²) in [5.74, 6) is -1.29. The van der Waals surface area contributed by atoms with Crippen molar-refractivity contribution in [3.05, 3.63) is 29.8 Å². The van der Waals surface area contributed by atoms with Crippen LogP contribution in [0, 0.1) is 5.92 Å². The molecule has 0 spiro atoms. The van der Waals surface area contributed by atoms with Gasteiger partial charge in [0.1, 0.15) is 29.8 Å². The van der Waals surface area contributed by atoms with Crippen LogP contribution in [0.2, 0.25) is 0 Å². The lowest BCUT2D eigenvalue weighted by molar-refractivity contribution is -0.305. The van der Waals surface area contributed by atoms with Crippen LogP contribution in [0.1, 0.15) is 31.9 Å². The van der Waals surface area contributed by atoms with E-state index in [9.17, 15) is 24.9 Å². The number of hydrogen-bond acceptors (Lipinski definition) is 8. The summed E-state index contributed by atoms with van der Waals surface area (Å²) in [4.78, 5) is 23.5. The molecule has 28 heavy (non-hydrogen) atoms. The molecule has 1 aliphatic heterocycles.